The number of tetrazole rings is 1. The van der Waals surface area contributed by atoms with Gasteiger partial charge in [0.1, 0.15) is 6.33 Å². The van der Waals surface area contributed by atoms with Crippen LogP contribution in [0.25, 0.3) is 5.69 Å². The number of benzene rings is 1. The maximum atomic E-state index is 13.0. The number of amides is 1. The van der Waals surface area contributed by atoms with E-state index in [0.717, 1.165) is 0 Å². The molecule has 10 heteroatoms. The number of aromatic nitrogens is 4. The predicted molar refractivity (Wildman–Crippen MR) is 98.5 cm³/mol. The van der Waals surface area contributed by atoms with Crippen LogP contribution < -0.4 is 5.32 Å². The van der Waals surface area contributed by atoms with Crippen molar-refractivity contribution in [3.8, 4) is 5.69 Å². The van der Waals surface area contributed by atoms with Crippen LogP contribution in [0.1, 0.15) is 26.7 Å². The third-order valence-electron chi connectivity index (χ3n) is 4.53. The van der Waals surface area contributed by atoms with E-state index in [1.807, 2.05) is 13.8 Å². The van der Waals surface area contributed by atoms with Gasteiger partial charge in [0.25, 0.3) is 0 Å². The molecule has 2 heterocycles. The molecule has 1 N–H and O–H groups in total. The summed E-state index contributed by atoms with van der Waals surface area (Å²) >= 11 is 0. The van der Waals surface area contributed by atoms with E-state index in [1.54, 1.807) is 12.1 Å². The predicted octanol–water partition coefficient (Wildman–Crippen LogP) is 0.835. The van der Waals surface area contributed by atoms with Crippen molar-refractivity contribution in [2.45, 2.75) is 31.6 Å². The summed E-state index contributed by atoms with van der Waals surface area (Å²) < 4.78 is 28.8. The van der Waals surface area contributed by atoms with Crippen LogP contribution in [0.15, 0.2) is 35.5 Å². The smallest absolute Gasteiger partial charge is 0.243 e. The summed E-state index contributed by atoms with van der Waals surface area (Å²) in [5.41, 5.74) is 0.670. The van der Waals surface area contributed by atoms with Crippen LogP contribution in [0.2, 0.25) is 0 Å². The van der Waals surface area contributed by atoms with Gasteiger partial charge in [-0.15, -0.1) is 5.10 Å². The second kappa shape index (κ2) is 8.13. The summed E-state index contributed by atoms with van der Waals surface area (Å²) in [7, 11) is -3.65. The van der Waals surface area contributed by atoms with Crippen molar-refractivity contribution in [1.29, 1.82) is 0 Å². The Labute approximate surface area is 158 Å². The molecule has 1 amide bonds. The summed E-state index contributed by atoms with van der Waals surface area (Å²) in [6.07, 6.45) is 2.81. The topological polar surface area (TPSA) is 110 Å². The van der Waals surface area contributed by atoms with Gasteiger partial charge in [0.2, 0.25) is 15.9 Å². The summed E-state index contributed by atoms with van der Waals surface area (Å²) in [5, 5.41) is 13.8. The maximum Gasteiger partial charge on any atom is 0.243 e. The number of carbonyl (C=O) groups is 1. The van der Waals surface area contributed by atoms with E-state index < -0.39 is 10.0 Å². The first-order valence-corrected chi connectivity index (χ1v) is 10.4. The van der Waals surface area contributed by atoms with Crippen LogP contribution in [0.4, 0.5) is 0 Å². The van der Waals surface area contributed by atoms with Crippen LogP contribution in [-0.2, 0) is 14.8 Å². The van der Waals surface area contributed by atoms with E-state index in [9.17, 15) is 13.2 Å². The quantitative estimate of drug-likeness (QED) is 0.780. The molecule has 0 radical (unpaired) electrons. The molecule has 2 aromatic rings. The fourth-order valence-electron chi connectivity index (χ4n) is 3.02. The number of hydrogen-bond donors (Lipinski definition) is 1. The van der Waals surface area contributed by atoms with E-state index in [4.69, 9.17) is 0 Å². The lowest BCUT2D eigenvalue weighted by Crippen LogP contribution is -2.45. The molecule has 1 aromatic carbocycles. The molecule has 1 aliphatic heterocycles. The Balaban J connectivity index is 1.71. The molecule has 1 aromatic heterocycles. The molecule has 0 unspecified atom stereocenters. The fourth-order valence-corrected chi connectivity index (χ4v) is 4.55. The van der Waals surface area contributed by atoms with E-state index in [2.05, 4.69) is 20.8 Å². The molecule has 27 heavy (non-hydrogen) atoms. The molecule has 0 saturated carbocycles. The first kappa shape index (κ1) is 19.4. The average molecular weight is 392 g/mol. The second-order valence-corrected chi connectivity index (χ2v) is 9.03. The van der Waals surface area contributed by atoms with E-state index in [-0.39, 0.29) is 23.3 Å². The molecule has 1 saturated heterocycles. The van der Waals surface area contributed by atoms with Crippen LogP contribution in [-0.4, -0.2) is 58.5 Å². The molecule has 9 nitrogen and oxygen atoms in total. The number of carbonyl (C=O) groups excluding carboxylic acids is 1. The second-order valence-electron chi connectivity index (χ2n) is 7.09. The Hall–Kier alpha value is -2.33. The standard InChI is InChI=1S/C17H24N6O3S/c1-13(2)10-18-17(24)14-4-3-9-22(11-14)27(25,26)16-7-5-15(6-8-16)23-12-19-20-21-23/h5-8,12-14H,3-4,9-11H2,1-2H3,(H,18,24)/t14-/m0/s1. The van der Waals surface area contributed by atoms with Crippen LogP contribution in [0.5, 0.6) is 0 Å². The van der Waals surface area contributed by atoms with E-state index in [0.29, 0.717) is 37.5 Å². The highest BCUT2D eigenvalue weighted by atomic mass is 32.2. The Morgan fingerprint density at radius 2 is 2.04 bits per heavy atom. The number of hydrogen-bond acceptors (Lipinski definition) is 6. The average Bonchev–Trinajstić information content (AvgIpc) is 3.21. The molecular weight excluding hydrogens is 368 g/mol. The zero-order valence-electron chi connectivity index (χ0n) is 15.4. The molecule has 0 aliphatic carbocycles. The maximum absolute atomic E-state index is 13.0. The molecule has 0 bridgehead atoms. The van der Waals surface area contributed by atoms with Gasteiger partial charge in [-0.2, -0.15) is 4.31 Å². The molecule has 3 rings (SSSR count). The van der Waals surface area contributed by atoms with Gasteiger partial charge >= 0.3 is 0 Å². The van der Waals surface area contributed by atoms with Gasteiger partial charge in [-0.3, -0.25) is 4.79 Å². The normalized spacial score (nSPS) is 18.6. The first-order valence-electron chi connectivity index (χ1n) is 8.99. The van der Waals surface area contributed by atoms with Crippen molar-refractivity contribution in [2.24, 2.45) is 11.8 Å². The highest BCUT2D eigenvalue weighted by Gasteiger charge is 2.33. The van der Waals surface area contributed by atoms with Gasteiger partial charge in [-0.25, -0.2) is 13.1 Å². The van der Waals surface area contributed by atoms with Gasteiger partial charge in [-0.05, 0) is 53.5 Å². The van der Waals surface area contributed by atoms with Crippen molar-refractivity contribution in [2.75, 3.05) is 19.6 Å². The van der Waals surface area contributed by atoms with Gasteiger partial charge < -0.3 is 5.32 Å². The zero-order valence-corrected chi connectivity index (χ0v) is 16.3. The van der Waals surface area contributed by atoms with Crippen molar-refractivity contribution in [3.05, 3.63) is 30.6 Å². The molecule has 146 valence electrons. The Morgan fingerprint density at radius 3 is 2.67 bits per heavy atom. The van der Waals surface area contributed by atoms with Crippen LogP contribution >= 0.6 is 0 Å². The lowest BCUT2D eigenvalue weighted by atomic mass is 9.98. The Kier molecular flexibility index (Phi) is 5.85. The lowest BCUT2D eigenvalue weighted by Gasteiger charge is -2.31. The Morgan fingerprint density at radius 1 is 1.30 bits per heavy atom. The third kappa shape index (κ3) is 4.51. The van der Waals surface area contributed by atoms with E-state index >= 15 is 0 Å². The fraction of sp³-hybridized carbons (Fsp3) is 0.529. The first-order chi connectivity index (χ1) is 12.9. The molecule has 0 spiro atoms. The SMILES string of the molecule is CC(C)CNC(=O)[C@H]1CCCN(S(=O)(=O)c2ccc(-n3cnnn3)cc2)C1. The van der Waals surface area contributed by atoms with E-state index in [1.165, 1.54) is 27.4 Å². The third-order valence-corrected chi connectivity index (χ3v) is 6.41. The summed E-state index contributed by atoms with van der Waals surface area (Å²) in [4.78, 5) is 12.5. The largest absolute Gasteiger partial charge is 0.356 e. The molecule has 1 fully saturated rings. The number of nitrogens with zero attached hydrogens (tertiary/aromatic N) is 5. The highest BCUT2D eigenvalue weighted by molar-refractivity contribution is 7.89. The number of nitrogens with one attached hydrogen (secondary N) is 1. The van der Waals surface area contributed by atoms with Crippen LogP contribution in [0, 0.1) is 11.8 Å². The lowest BCUT2D eigenvalue weighted by molar-refractivity contribution is -0.126. The van der Waals surface area contributed by atoms with Crippen molar-refractivity contribution >= 4 is 15.9 Å². The highest BCUT2D eigenvalue weighted by Crippen LogP contribution is 2.24. The molecule has 1 atom stereocenters. The minimum Gasteiger partial charge on any atom is -0.356 e. The molecular formula is C17H24N6O3S. The summed E-state index contributed by atoms with van der Waals surface area (Å²) in [6, 6.07) is 6.38. The van der Waals surface area contributed by atoms with Crippen molar-refractivity contribution in [3.63, 3.8) is 0 Å². The van der Waals surface area contributed by atoms with Gasteiger partial charge in [-0.1, -0.05) is 13.8 Å². The monoisotopic (exact) mass is 392 g/mol. The number of sulfonamides is 1. The molecule has 1 aliphatic rings. The Bertz CT molecular complexity index is 865. The summed E-state index contributed by atoms with van der Waals surface area (Å²) in [6.45, 7) is 5.28. The minimum absolute atomic E-state index is 0.0716. The van der Waals surface area contributed by atoms with Crippen molar-refractivity contribution in [1.82, 2.24) is 29.8 Å². The van der Waals surface area contributed by atoms with Gasteiger partial charge in [0.15, 0.2) is 0 Å². The number of piperidine rings is 1. The zero-order chi connectivity index (χ0) is 19.4. The van der Waals surface area contributed by atoms with Crippen molar-refractivity contribution < 1.29 is 13.2 Å². The number of rotatable bonds is 6. The van der Waals surface area contributed by atoms with Gasteiger partial charge in [0, 0.05) is 19.6 Å². The minimum atomic E-state index is -3.65. The van der Waals surface area contributed by atoms with Gasteiger partial charge in [0.05, 0.1) is 16.5 Å². The summed E-state index contributed by atoms with van der Waals surface area (Å²) in [5.74, 6) is -0.0264. The van der Waals surface area contributed by atoms with Crippen LogP contribution in [0.3, 0.4) is 0 Å².